The van der Waals surface area contributed by atoms with Gasteiger partial charge in [0, 0.05) is 23.2 Å². The number of nitrogens with one attached hydrogen (secondary N) is 1. The lowest BCUT2D eigenvalue weighted by Gasteiger charge is -2.09. The van der Waals surface area contributed by atoms with Crippen molar-refractivity contribution < 1.29 is 4.79 Å². The first-order valence-corrected chi connectivity index (χ1v) is 9.87. The van der Waals surface area contributed by atoms with E-state index in [0.29, 0.717) is 24.5 Å². The number of halogens is 1. The summed E-state index contributed by atoms with van der Waals surface area (Å²) in [5.74, 6) is -0.0565. The maximum absolute atomic E-state index is 12.4. The summed E-state index contributed by atoms with van der Waals surface area (Å²) < 4.78 is 3.77. The number of carbonyl (C=O) groups excluding carboxylic acids is 1. The lowest BCUT2D eigenvalue weighted by Crippen LogP contribution is -2.15. The Bertz CT molecular complexity index is 1180. The molecule has 0 radical (unpaired) electrons. The van der Waals surface area contributed by atoms with Gasteiger partial charge in [-0.05, 0) is 49.7 Å². The maximum Gasteiger partial charge on any atom is 0.226 e. The van der Waals surface area contributed by atoms with Crippen LogP contribution in [-0.2, 0) is 17.9 Å². The Morgan fingerprint density at radius 2 is 1.93 bits per heavy atom. The zero-order valence-electron chi connectivity index (χ0n) is 16.4. The maximum atomic E-state index is 12.4. The van der Waals surface area contributed by atoms with Crippen LogP contribution in [0.4, 0.5) is 5.69 Å². The number of aryl methyl sites for hydroxylation is 3. The molecule has 4 aromatic rings. The highest BCUT2D eigenvalue weighted by molar-refractivity contribution is 6.35. The molecule has 0 saturated heterocycles. The van der Waals surface area contributed by atoms with Gasteiger partial charge in [0.05, 0.1) is 35.5 Å². The van der Waals surface area contributed by atoms with Gasteiger partial charge in [-0.15, -0.1) is 0 Å². The van der Waals surface area contributed by atoms with E-state index in [2.05, 4.69) is 21.6 Å². The average molecular weight is 408 g/mol. The minimum atomic E-state index is -0.0565. The van der Waals surface area contributed by atoms with E-state index in [4.69, 9.17) is 11.6 Å². The predicted octanol–water partition coefficient (Wildman–Crippen LogP) is 4.58. The van der Waals surface area contributed by atoms with E-state index in [0.717, 1.165) is 33.5 Å². The summed E-state index contributed by atoms with van der Waals surface area (Å²) in [6, 6.07) is 15.6. The summed E-state index contributed by atoms with van der Waals surface area (Å²) in [5, 5.41) is 13.4. The van der Waals surface area contributed by atoms with Crippen molar-refractivity contribution in [1.29, 1.82) is 0 Å². The van der Waals surface area contributed by atoms with E-state index in [9.17, 15) is 4.79 Å². The van der Waals surface area contributed by atoms with Gasteiger partial charge >= 0.3 is 0 Å². The highest BCUT2D eigenvalue weighted by Gasteiger charge is 2.09. The zero-order chi connectivity index (χ0) is 20.4. The zero-order valence-corrected chi connectivity index (χ0v) is 17.1. The molecule has 1 amide bonds. The number of nitrogens with zero attached hydrogens (tertiary/aromatic N) is 4. The van der Waals surface area contributed by atoms with Crippen molar-refractivity contribution >= 4 is 34.1 Å². The first-order chi connectivity index (χ1) is 14.0. The molecule has 0 aliphatic rings. The lowest BCUT2D eigenvalue weighted by atomic mass is 10.2. The normalized spacial score (nSPS) is 11.1. The smallest absolute Gasteiger partial charge is 0.226 e. The largest absolute Gasteiger partial charge is 0.326 e. The first-order valence-electron chi connectivity index (χ1n) is 9.49. The fourth-order valence-corrected chi connectivity index (χ4v) is 3.65. The molecule has 0 fully saturated rings. The average Bonchev–Trinajstić information content (AvgIpc) is 3.24. The number of carbonyl (C=O) groups is 1. The summed E-state index contributed by atoms with van der Waals surface area (Å²) >= 11 is 6.19. The molecule has 4 rings (SSSR count). The topological polar surface area (TPSA) is 64.7 Å². The Kier molecular flexibility index (Phi) is 5.36. The van der Waals surface area contributed by atoms with Crippen LogP contribution >= 0.6 is 11.6 Å². The molecule has 7 heteroatoms. The molecule has 0 spiro atoms. The van der Waals surface area contributed by atoms with Crippen LogP contribution in [0.5, 0.6) is 0 Å². The molecule has 148 valence electrons. The van der Waals surface area contributed by atoms with Crippen molar-refractivity contribution in [2.45, 2.75) is 33.4 Å². The van der Waals surface area contributed by atoms with Crippen LogP contribution in [0.3, 0.4) is 0 Å². The van der Waals surface area contributed by atoms with Gasteiger partial charge in [0.25, 0.3) is 0 Å². The van der Waals surface area contributed by atoms with E-state index in [-0.39, 0.29) is 5.91 Å². The van der Waals surface area contributed by atoms with Crippen molar-refractivity contribution in [3.63, 3.8) is 0 Å². The molecule has 2 heterocycles. The van der Waals surface area contributed by atoms with Crippen LogP contribution in [0.25, 0.3) is 10.9 Å². The van der Waals surface area contributed by atoms with Gasteiger partial charge < -0.3 is 5.32 Å². The number of aromatic nitrogens is 4. The van der Waals surface area contributed by atoms with Gasteiger partial charge in [0.2, 0.25) is 5.91 Å². The Balaban J connectivity index is 1.39. The van der Waals surface area contributed by atoms with Crippen molar-refractivity contribution in [3.05, 3.63) is 76.7 Å². The van der Waals surface area contributed by atoms with Crippen LogP contribution in [0.15, 0.2) is 54.7 Å². The summed E-state index contributed by atoms with van der Waals surface area (Å²) in [5.41, 5.74) is 4.91. The first kappa shape index (κ1) is 19.2. The number of hydrogen-bond donors (Lipinski definition) is 1. The minimum absolute atomic E-state index is 0.0565. The van der Waals surface area contributed by atoms with Gasteiger partial charge in [-0.2, -0.15) is 10.2 Å². The fraction of sp³-hybridized carbons (Fsp3) is 0.227. The SMILES string of the molecule is Cc1cc(C)n(Cc2cccc(NC(=O)CCn3ncc4c(Cl)cccc43)c2)n1. The number of hydrogen-bond acceptors (Lipinski definition) is 3. The van der Waals surface area contributed by atoms with Crippen molar-refractivity contribution in [1.82, 2.24) is 19.6 Å². The third-order valence-electron chi connectivity index (χ3n) is 4.83. The monoisotopic (exact) mass is 407 g/mol. The molecule has 29 heavy (non-hydrogen) atoms. The van der Waals surface area contributed by atoms with Gasteiger partial charge in [-0.1, -0.05) is 29.8 Å². The Morgan fingerprint density at radius 3 is 2.72 bits per heavy atom. The lowest BCUT2D eigenvalue weighted by molar-refractivity contribution is -0.116. The Labute approximate surface area is 174 Å². The van der Waals surface area contributed by atoms with Gasteiger partial charge in [0.15, 0.2) is 0 Å². The van der Waals surface area contributed by atoms with E-state index in [1.807, 2.05) is 61.0 Å². The molecule has 6 nitrogen and oxygen atoms in total. The molecular weight excluding hydrogens is 386 g/mol. The van der Waals surface area contributed by atoms with E-state index >= 15 is 0 Å². The summed E-state index contributed by atoms with van der Waals surface area (Å²) in [6.45, 7) is 5.18. The summed E-state index contributed by atoms with van der Waals surface area (Å²) in [4.78, 5) is 12.4. The molecule has 0 bridgehead atoms. The quantitative estimate of drug-likeness (QED) is 0.508. The Hall–Kier alpha value is -3.12. The number of fused-ring (bicyclic) bond motifs is 1. The number of amides is 1. The second kappa shape index (κ2) is 8.09. The molecule has 0 unspecified atom stereocenters. The highest BCUT2D eigenvalue weighted by atomic mass is 35.5. The van der Waals surface area contributed by atoms with E-state index < -0.39 is 0 Å². The van der Waals surface area contributed by atoms with Gasteiger partial charge in [-0.3, -0.25) is 14.2 Å². The summed E-state index contributed by atoms with van der Waals surface area (Å²) in [6.07, 6.45) is 2.06. The molecule has 0 aliphatic carbocycles. The second-order valence-electron chi connectivity index (χ2n) is 7.12. The third-order valence-corrected chi connectivity index (χ3v) is 5.16. The van der Waals surface area contributed by atoms with Gasteiger partial charge in [0.1, 0.15) is 0 Å². The van der Waals surface area contributed by atoms with E-state index in [1.165, 1.54) is 0 Å². The van der Waals surface area contributed by atoms with Crippen molar-refractivity contribution in [2.24, 2.45) is 0 Å². The predicted molar refractivity (Wildman–Crippen MR) is 115 cm³/mol. The Morgan fingerprint density at radius 1 is 1.10 bits per heavy atom. The molecule has 0 saturated carbocycles. The number of benzene rings is 2. The molecule has 2 aromatic carbocycles. The van der Waals surface area contributed by atoms with Crippen LogP contribution < -0.4 is 5.32 Å². The molecule has 2 aromatic heterocycles. The van der Waals surface area contributed by atoms with Crippen LogP contribution in [0.1, 0.15) is 23.4 Å². The molecule has 0 atom stereocenters. The van der Waals surface area contributed by atoms with Crippen LogP contribution in [0.2, 0.25) is 5.02 Å². The van der Waals surface area contributed by atoms with Crippen molar-refractivity contribution in [2.75, 3.05) is 5.32 Å². The summed E-state index contributed by atoms with van der Waals surface area (Å²) in [7, 11) is 0. The van der Waals surface area contributed by atoms with E-state index in [1.54, 1.807) is 10.9 Å². The minimum Gasteiger partial charge on any atom is -0.326 e. The van der Waals surface area contributed by atoms with Crippen molar-refractivity contribution in [3.8, 4) is 0 Å². The highest BCUT2D eigenvalue weighted by Crippen LogP contribution is 2.23. The second-order valence-corrected chi connectivity index (χ2v) is 7.53. The molecular formula is C22H22ClN5O. The molecule has 1 N–H and O–H groups in total. The van der Waals surface area contributed by atoms with Crippen LogP contribution in [-0.4, -0.2) is 25.5 Å². The standard InChI is InChI=1S/C22H22ClN5O/c1-15-11-16(2)28(26-15)14-17-5-3-6-18(12-17)25-22(29)9-10-27-21-8-4-7-20(23)19(21)13-24-27/h3-8,11-13H,9-10,14H2,1-2H3,(H,25,29). The number of anilines is 1. The van der Waals surface area contributed by atoms with Gasteiger partial charge in [-0.25, -0.2) is 0 Å². The third kappa shape index (κ3) is 4.32. The van der Waals surface area contributed by atoms with Crippen LogP contribution in [0, 0.1) is 13.8 Å². The molecule has 0 aliphatic heterocycles. The number of rotatable bonds is 6. The fourth-order valence-electron chi connectivity index (χ4n) is 3.43.